The minimum absolute atomic E-state index is 0.142. The van der Waals surface area contributed by atoms with Gasteiger partial charge >= 0.3 is 6.18 Å². The van der Waals surface area contributed by atoms with Gasteiger partial charge in [0.05, 0.1) is 18.7 Å². The molecule has 0 spiro atoms. The van der Waals surface area contributed by atoms with Crippen LogP contribution in [0.15, 0.2) is 36.5 Å². The Labute approximate surface area is 164 Å². The fourth-order valence-corrected chi connectivity index (χ4v) is 2.97. The molecule has 9 heteroatoms. The van der Waals surface area contributed by atoms with Crippen LogP contribution in [-0.4, -0.2) is 30.8 Å². The molecule has 3 rings (SSSR count). The van der Waals surface area contributed by atoms with Crippen LogP contribution in [0.2, 0.25) is 5.02 Å². The standard InChI is InChI=1S/C19H18ClF3N2O3/c1-27-14-6-4-12(5-7-14)16(11-2-3-11)25-17(26)13-8-15(20)18(24-9-13)28-10-19(21,22)23/h4-9,11,16H,2-3,10H2,1H3,(H,25,26). The van der Waals surface area contributed by atoms with Crippen LogP contribution in [0.5, 0.6) is 11.6 Å². The molecule has 1 amide bonds. The summed E-state index contributed by atoms with van der Waals surface area (Å²) in [7, 11) is 1.58. The lowest BCUT2D eigenvalue weighted by Crippen LogP contribution is -2.30. The monoisotopic (exact) mass is 414 g/mol. The Morgan fingerprint density at radius 1 is 1.32 bits per heavy atom. The molecule has 0 bridgehead atoms. The van der Waals surface area contributed by atoms with Crippen LogP contribution in [-0.2, 0) is 0 Å². The summed E-state index contributed by atoms with van der Waals surface area (Å²) in [6.45, 7) is -1.51. The fraction of sp³-hybridized carbons (Fsp3) is 0.368. The number of nitrogens with zero attached hydrogens (tertiary/aromatic N) is 1. The van der Waals surface area contributed by atoms with E-state index in [1.807, 2.05) is 24.3 Å². The molecule has 0 radical (unpaired) electrons. The van der Waals surface area contributed by atoms with Crippen LogP contribution >= 0.6 is 11.6 Å². The average Bonchev–Trinajstić information content (AvgIpc) is 3.49. The molecule has 1 aromatic carbocycles. The van der Waals surface area contributed by atoms with Crippen LogP contribution in [0.4, 0.5) is 13.2 Å². The Bertz CT molecular complexity index is 839. The third kappa shape index (κ3) is 5.28. The van der Waals surface area contributed by atoms with Crippen molar-refractivity contribution in [1.29, 1.82) is 0 Å². The Kier molecular flexibility index (Phi) is 5.98. The van der Waals surface area contributed by atoms with Crippen LogP contribution < -0.4 is 14.8 Å². The van der Waals surface area contributed by atoms with Crippen molar-refractivity contribution in [1.82, 2.24) is 10.3 Å². The number of hydrogen-bond acceptors (Lipinski definition) is 4. The maximum absolute atomic E-state index is 12.6. The lowest BCUT2D eigenvalue weighted by Gasteiger charge is -2.19. The maximum atomic E-state index is 12.6. The van der Waals surface area contributed by atoms with Crippen LogP contribution in [0, 0.1) is 5.92 Å². The zero-order valence-electron chi connectivity index (χ0n) is 14.9. The van der Waals surface area contributed by atoms with E-state index >= 15 is 0 Å². The molecule has 1 aliphatic carbocycles. The lowest BCUT2D eigenvalue weighted by atomic mass is 10.0. The number of ether oxygens (including phenoxy) is 2. The molecule has 150 valence electrons. The summed E-state index contributed by atoms with van der Waals surface area (Å²) in [5.74, 6) is 0.263. The largest absolute Gasteiger partial charge is 0.497 e. The molecule has 1 atom stereocenters. The number of methoxy groups -OCH3 is 1. The van der Waals surface area contributed by atoms with Gasteiger partial charge in [0.1, 0.15) is 10.8 Å². The van der Waals surface area contributed by atoms with Crippen molar-refractivity contribution in [2.45, 2.75) is 25.1 Å². The summed E-state index contributed by atoms with van der Waals surface area (Å²) in [4.78, 5) is 16.3. The topological polar surface area (TPSA) is 60.5 Å². The molecular weight excluding hydrogens is 397 g/mol. The highest BCUT2D eigenvalue weighted by molar-refractivity contribution is 6.32. The molecule has 1 saturated carbocycles. The molecular formula is C19H18ClF3N2O3. The van der Waals surface area contributed by atoms with E-state index in [1.54, 1.807) is 7.11 Å². The molecule has 2 aromatic rings. The van der Waals surface area contributed by atoms with Gasteiger partial charge in [-0.15, -0.1) is 0 Å². The Morgan fingerprint density at radius 3 is 2.54 bits per heavy atom. The van der Waals surface area contributed by atoms with Gasteiger partial charge in [-0.25, -0.2) is 4.98 Å². The van der Waals surface area contributed by atoms with Gasteiger partial charge in [-0.1, -0.05) is 23.7 Å². The number of halogens is 4. The van der Waals surface area contributed by atoms with Crippen LogP contribution in [0.3, 0.4) is 0 Å². The quantitative estimate of drug-likeness (QED) is 0.721. The Morgan fingerprint density at radius 2 is 2.00 bits per heavy atom. The van der Waals surface area contributed by atoms with E-state index in [0.29, 0.717) is 5.92 Å². The first kappa shape index (κ1) is 20.3. The van der Waals surface area contributed by atoms with E-state index in [2.05, 4.69) is 15.0 Å². The molecule has 0 aliphatic heterocycles. The molecule has 1 unspecified atom stereocenters. The van der Waals surface area contributed by atoms with E-state index in [1.165, 1.54) is 6.07 Å². The number of amides is 1. The minimum Gasteiger partial charge on any atom is -0.497 e. The van der Waals surface area contributed by atoms with Crippen molar-refractivity contribution in [3.8, 4) is 11.6 Å². The SMILES string of the molecule is COc1ccc(C(NC(=O)c2cnc(OCC(F)(F)F)c(Cl)c2)C2CC2)cc1. The third-order valence-electron chi connectivity index (χ3n) is 4.30. The van der Waals surface area contributed by atoms with Gasteiger partial charge in [-0.2, -0.15) is 13.2 Å². The second kappa shape index (κ2) is 8.26. The van der Waals surface area contributed by atoms with Crippen molar-refractivity contribution in [2.24, 2.45) is 5.92 Å². The van der Waals surface area contributed by atoms with Crippen molar-refractivity contribution >= 4 is 17.5 Å². The summed E-state index contributed by atoms with van der Waals surface area (Å²) < 4.78 is 46.4. The smallest absolute Gasteiger partial charge is 0.422 e. The van der Waals surface area contributed by atoms with E-state index < -0.39 is 18.7 Å². The number of benzene rings is 1. The number of carbonyl (C=O) groups excluding carboxylic acids is 1. The summed E-state index contributed by atoms with van der Waals surface area (Å²) in [5, 5.41) is 2.79. The van der Waals surface area contributed by atoms with E-state index in [0.717, 1.165) is 30.4 Å². The Hall–Kier alpha value is -2.48. The summed E-state index contributed by atoms with van der Waals surface area (Å²) in [6, 6.07) is 8.49. The fourth-order valence-electron chi connectivity index (χ4n) is 2.74. The van der Waals surface area contributed by atoms with Gasteiger partial charge in [-0.05, 0) is 42.5 Å². The van der Waals surface area contributed by atoms with Crippen LogP contribution in [0.1, 0.15) is 34.8 Å². The molecule has 1 aliphatic rings. The summed E-state index contributed by atoms with van der Waals surface area (Å²) >= 11 is 5.92. The highest BCUT2D eigenvalue weighted by Gasteiger charge is 2.34. The predicted octanol–water partition coefficient (Wildman–Crippen LogP) is 4.57. The van der Waals surface area contributed by atoms with Gasteiger partial charge in [-0.3, -0.25) is 4.79 Å². The highest BCUT2D eigenvalue weighted by atomic mass is 35.5. The summed E-state index contributed by atoms with van der Waals surface area (Å²) in [5.41, 5.74) is 1.09. The van der Waals surface area contributed by atoms with Gasteiger partial charge in [0.15, 0.2) is 6.61 Å². The van der Waals surface area contributed by atoms with Crippen molar-refractivity contribution in [2.75, 3.05) is 13.7 Å². The molecule has 1 aromatic heterocycles. The minimum atomic E-state index is -4.50. The molecule has 1 N–H and O–H groups in total. The number of pyridine rings is 1. The zero-order valence-corrected chi connectivity index (χ0v) is 15.7. The molecule has 1 fully saturated rings. The number of carbonyl (C=O) groups is 1. The lowest BCUT2D eigenvalue weighted by molar-refractivity contribution is -0.154. The first-order valence-corrected chi connectivity index (χ1v) is 8.94. The molecule has 0 saturated heterocycles. The third-order valence-corrected chi connectivity index (χ3v) is 4.57. The first-order valence-electron chi connectivity index (χ1n) is 8.57. The second-order valence-electron chi connectivity index (χ2n) is 6.48. The van der Waals surface area contributed by atoms with E-state index in [4.69, 9.17) is 16.3 Å². The van der Waals surface area contributed by atoms with Gasteiger partial charge in [0, 0.05) is 6.20 Å². The van der Waals surface area contributed by atoms with Crippen molar-refractivity contribution < 1.29 is 27.4 Å². The molecule has 28 heavy (non-hydrogen) atoms. The average molecular weight is 415 g/mol. The normalized spacial score (nSPS) is 15.0. The second-order valence-corrected chi connectivity index (χ2v) is 6.88. The number of hydrogen-bond donors (Lipinski definition) is 1. The van der Waals surface area contributed by atoms with Gasteiger partial charge in [0.2, 0.25) is 5.88 Å². The number of rotatable bonds is 7. The molecule has 1 heterocycles. The zero-order chi connectivity index (χ0) is 20.3. The molecule has 5 nitrogen and oxygen atoms in total. The van der Waals surface area contributed by atoms with Crippen molar-refractivity contribution in [3.63, 3.8) is 0 Å². The maximum Gasteiger partial charge on any atom is 0.422 e. The predicted molar refractivity (Wildman–Crippen MR) is 96.7 cm³/mol. The number of alkyl halides is 3. The number of aromatic nitrogens is 1. The highest BCUT2D eigenvalue weighted by Crippen LogP contribution is 2.41. The van der Waals surface area contributed by atoms with E-state index in [-0.39, 0.29) is 22.5 Å². The summed E-state index contributed by atoms with van der Waals surface area (Å²) in [6.07, 6.45) is -1.36. The first-order chi connectivity index (χ1) is 13.3. The van der Waals surface area contributed by atoms with Crippen LogP contribution in [0.25, 0.3) is 0 Å². The van der Waals surface area contributed by atoms with Gasteiger partial charge < -0.3 is 14.8 Å². The van der Waals surface area contributed by atoms with E-state index in [9.17, 15) is 18.0 Å². The van der Waals surface area contributed by atoms with Gasteiger partial charge in [0.25, 0.3) is 5.91 Å². The number of nitrogens with one attached hydrogen (secondary N) is 1. The Balaban J connectivity index is 1.70. The van der Waals surface area contributed by atoms with Crippen molar-refractivity contribution in [3.05, 3.63) is 52.7 Å².